The fraction of sp³-hybridized carbons (Fsp3) is 0.529. The first-order chi connectivity index (χ1) is 12.1. The molecule has 0 saturated carbocycles. The smallest absolute Gasteiger partial charge is 0.416 e. The largest absolute Gasteiger partial charge is 0.491 e. The number of anilines is 1. The van der Waals surface area contributed by atoms with Crippen LogP contribution in [0, 0.1) is 5.41 Å². The van der Waals surface area contributed by atoms with Crippen LogP contribution in [0.15, 0.2) is 18.2 Å². The van der Waals surface area contributed by atoms with Gasteiger partial charge >= 0.3 is 18.2 Å². The molecule has 2 amide bonds. The van der Waals surface area contributed by atoms with E-state index in [4.69, 9.17) is 4.74 Å². The van der Waals surface area contributed by atoms with Crippen LogP contribution >= 0.6 is 0 Å². The van der Waals surface area contributed by atoms with Crippen molar-refractivity contribution in [1.82, 2.24) is 4.90 Å². The first-order valence-electron chi connectivity index (χ1n) is 8.20. The number of nitrogens with one attached hydrogen (secondary N) is 1. The van der Waals surface area contributed by atoms with Crippen molar-refractivity contribution in [2.75, 3.05) is 25.0 Å². The zero-order chi connectivity index (χ0) is 19.5. The number of likely N-dealkylation sites (tertiary alicyclic amines) is 1. The maximum absolute atomic E-state index is 13.0. The number of alkyl halides is 3. The molecule has 144 valence electrons. The lowest BCUT2D eigenvalue weighted by Crippen LogP contribution is -2.37. The quantitative estimate of drug-likeness (QED) is 0.821. The molecule has 1 fully saturated rings. The van der Waals surface area contributed by atoms with Gasteiger partial charge in [0.25, 0.3) is 0 Å². The molecule has 1 atom stereocenters. The number of aliphatic carboxylic acids is 1. The molecule has 9 heteroatoms. The highest BCUT2D eigenvalue weighted by molar-refractivity contribution is 5.92. The van der Waals surface area contributed by atoms with Crippen molar-refractivity contribution in [2.24, 2.45) is 5.41 Å². The Balaban J connectivity index is 2.20. The molecule has 0 aliphatic carbocycles. The highest BCUT2D eigenvalue weighted by Gasteiger charge is 2.42. The Morgan fingerprint density at radius 1 is 1.38 bits per heavy atom. The molecule has 1 unspecified atom stereocenters. The maximum Gasteiger partial charge on any atom is 0.416 e. The van der Waals surface area contributed by atoms with Crippen molar-refractivity contribution in [3.05, 3.63) is 23.8 Å². The summed E-state index contributed by atoms with van der Waals surface area (Å²) in [6.07, 6.45) is -3.63. The third kappa shape index (κ3) is 4.39. The third-order valence-electron chi connectivity index (χ3n) is 4.29. The van der Waals surface area contributed by atoms with Gasteiger partial charge < -0.3 is 20.1 Å². The average Bonchev–Trinajstić information content (AvgIpc) is 2.97. The van der Waals surface area contributed by atoms with E-state index >= 15 is 0 Å². The van der Waals surface area contributed by atoms with Gasteiger partial charge in [0.15, 0.2) is 0 Å². The zero-order valence-electron chi connectivity index (χ0n) is 14.5. The van der Waals surface area contributed by atoms with E-state index in [0.29, 0.717) is 6.42 Å². The number of hydrogen-bond donors (Lipinski definition) is 2. The van der Waals surface area contributed by atoms with Crippen molar-refractivity contribution in [3.8, 4) is 5.75 Å². The highest BCUT2D eigenvalue weighted by atomic mass is 19.4. The summed E-state index contributed by atoms with van der Waals surface area (Å²) < 4.78 is 44.3. The molecule has 1 aromatic carbocycles. The summed E-state index contributed by atoms with van der Waals surface area (Å²) in [6.45, 7) is 3.86. The second-order valence-electron chi connectivity index (χ2n) is 6.52. The lowest BCUT2D eigenvalue weighted by atomic mass is 9.90. The Morgan fingerprint density at radius 3 is 2.62 bits per heavy atom. The molecule has 1 aliphatic rings. The first-order valence-corrected chi connectivity index (χ1v) is 8.20. The molecular weight excluding hydrogens is 353 g/mol. The highest BCUT2D eigenvalue weighted by Crippen LogP contribution is 2.36. The van der Waals surface area contributed by atoms with Crippen molar-refractivity contribution in [3.63, 3.8) is 0 Å². The van der Waals surface area contributed by atoms with E-state index in [1.807, 2.05) is 6.92 Å². The van der Waals surface area contributed by atoms with Gasteiger partial charge in [0.05, 0.1) is 23.3 Å². The molecule has 0 aromatic heterocycles. The van der Waals surface area contributed by atoms with Gasteiger partial charge in [0.1, 0.15) is 5.75 Å². The number of hydrogen-bond acceptors (Lipinski definition) is 3. The fourth-order valence-electron chi connectivity index (χ4n) is 2.65. The summed E-state index contributed by atoms with van der Waals surface area (Å²) in [5.41, 5.74) is -2.07. The molecule has 0 spiro atoms. The van der Waals surface area contributed by atoms with E-state index < -0.39 is 29.2 Å². The second-order valence-corrected chi connectivity index (χ2v) is 6.52. The van der Waals surface area contributed by atoms with Crippen LogP contribution in [0.4, 0.5) is 23.7 Å². The Labute approximate surface area is 148 Å². The average molecular weight is 374 g/mol. The van der Waals surface area contributed by atoms with Crippen LogP contribution in [0.5, 0.6) is 5.75 Å². The van der Waals surface area contributed by atoms with Crippen molar-refractivity contribution < 1.29 is 32.6 Å². The maximum atomic E-state index is 13.0. The SMILES string of the molecule is CCCOc1ccc(C(F)(F)F)cc1NC(=O)N1CCC(C)(C(=O)O)C1. The summed E-state index contributed by atoms with van der Waals surface area (Å²) in [4.78, 5) is 24.9. The predicted molar refractivity (Wildman–Crippen MR) is 88.2 cm³/mol. The minimum absolute atomic E-state index is 0.0156. The van der Waals surface area contributed by atoms with Crippen molar-refractivity contribution >= 4 is 17.7 Å². The number of rotatable bonds is 5. The first kappa shape index (κ1) is 19.9. The molecular formula is C17H21F3N2O4. The van der Waals surface area contributed by atoms with Crippen LogP contribution < -0.4 is 10.1 Å². The van der Waals surface area contributed by atoms with Gasteiger partial charge in [-0.25, -0.2) is 4.79 Å². The Hall–Kier alpha value is -2.45. The van der Waals surface area contributed by atoms with Gasteiger partial charge in [-0.3, -0.25) is 4.79 Å². The summed E-state index contributed by atoms with van der Waals surface area (Å²) >= 11 is 0. The van der Waals surface area contributed by atoms with Crippen molar-refractivity contribution in [1.29, 1.82) is 0 Å². The predicted octanol–water partition coefficient (Wildman–Crippen LogP) is 3.82. The summed E-state index contributed by atoms with van der Waals surface area (Å²) in [7, 11) is 0. The van der Waals surface area contributed by atoms with Crippen LogP contribution in [0.3, 0.4) is 0 Å². The summed E-state index contributed by atoms with van der Waals surface area (Å²) in [5, 5.41) is 11.6. The zero-order valence-corrected chi connectivity index (χ0v) is 14.5. The molecule has 6 nitrogen and oxygen atoms in total. The molecule has 26 heavy (non-hydrogen) atoms. The number of amides is 2. The molecule has 1 aliphatic heterocycles. The lowest BCUT2D eigenvalue weighted by molar-refractivity contribution is -0.147. The second kappa shape index (κ2) is 7.43. The summed E-state index contributed by atoms with van der Waals surface area (Å²) in [5.74, 6) is -0.882. The number of carboxylic acid groups (broad SMARTS) is 1. The van der Waals surface area contributed by atoms with Crippen LogP contribution in [0.1, 0.15) is 32.3 Å². The monoisotopic (exact) mass is 374 g/mol. The van der Waals surface area contributed by atoms with E-state index in [1.165, 1.54) is 17.9 Å². The number of halogens is 3. The number of urea groups is 1. The standard InChI is InChI=1S/C17H21F3N2O4/c1-3-8-26-13-5-4-11(17(18,19)20)9-12(13)21-15(25)22-7-6-16(2,10-22)14(23)24/h4-5,9H,3,6-8,10H2,1-2H3,(H,21,25)(H,23,24). The normalized spacial score (nSPS) is 20.1. The van der Waals surface area contributed by atoms with Crippen LogP contribution in [0.2, 0.25) is 0 Å². The van der Waals surface area contributed by atoms with Gasteiger partial charge in [0, 0.05) is 13.1 Å². The fourth-order valence-corrected chi connectivity index (χ4v) is 2.65. The van der Waals surface area contributed by atoms with E-state index in [0.717, 1.165) is 12.1 Å². The molecule has 1 aromatic rings. The number of carbonyl (C=O) groups is 2. The molecule has 2 N–H and O–H groups in total. The van der Waals surface area contributed by atoms with Gasteiger partial charge in [-0.2, -0.15) is 13.2 Å². The molecule has 1 saturated heterocycles. The topological polar surface area (TPSA) is 78.9 Å². The minimum atomic E-state index is -4.56. The van der Waals surface area contributed by atoms with Crippen molar-refractivity contribution in [2.45, 2.75) is 32.9 Å². The Bertz CT molecular complexity index is 693. The van der Waals surface area contributed by atoms with E-state index in [2.05, 4.69) is 5.32 Å². The van der Waals surface area contributed by atoms with E-state index in [1.54, 1.807) is 0 Å². The van der Waals surface area contributed by atoms with Gasteiger partial charge in [-0.05, 0) is 38.0 Å². The summed E-state index contributed by atoms with van der Waals surface area (Å²) in [6, 6.07) is 2.21. The Kier molecular flexibility index (Phi) is 5.68. The number of ether oxygens (including phenoxy) is 1. The number of carboxylic acids is 1. The Morgan fingerprint density at radius 2 is 2.08 bits per heavy atom. The van der Waals surface area contributed by atoms with Crippen LogP contribution in [0.25, 0.3) is 0 Å². The van der Waals surface area contributed by atoms with E-state index in [9.17, 15) is 27.9 Å². The molecule has 2 rings (SSSR count). The van der Waals surface area contributed by atoms with Gasteiger partial charge in [-0.15, -0.1) is 0 Å². The minimum Gasteiger partial charge on any atom is -0.491 e. The van der Waals surface area contributed by atoms with Gasteiger partial charge in [0.2, 0.25) is 0 Å². The van der Waals surface area contributed by atoms with E-state index in [-0.39, 0.29) is 37.6 Å². The third-order valence-corrected chi connectivity index (χ3v) is 4.29. The lowest BCUT2D eigenvalue weighted by Gasteiger charge is -2.22. The van der Waals surface area contributed by atoms with Crippen LogP contribution in [-0.2, 0) is 11.0 Å². The molecule has 0 bridgehead atoms. The number of nitrogens with zero attached hydrogens (tertiary/aromatic N) is 1. The molecule has 1 heterocycles. The number of benzene rings is 1. The molecule has 0 radical (unpaired) electrons. The van der Waals surface area contributed by atoms with Crippen LogP contribution in [-0.4, -0.2) is 41.7 Å². The van der Waals surface area contributed by atoms with Gasteiger partial charge in [-0.1, -0.05) is 6.92 Å². The number of carbonyl (C=O) groups excluding carboxylic acids is 1.